The van der Waals surface area contributed by atoms with Gasteiger partial charge in [0.15, 0.2) is 0 Å². The van der Waals surface area contributed by atoms with E-state index < -0.39 is 0 Å². The molecule has 3 saturated carbocycles. The van der Waals surface area contributed by atoms with Crippen LogP contribution >= 0.6 is 0 Å². The van der Waals surface area contributed by atoms with Crippen molar-refractivity contribution in [2.24, 2.45) is 33.7 Å². The fourth-order valence-electron chi connectivity index (χ4n) is 8.13. The number of hydrogen-bond acceptors (Lipinski definition) is 3. The third kappa shape index (κ3) is 4.51. The summed E-state index contributed by atoms with van der Waals surface area (Å²) < 4.78 is 0.857. The predicted octanol–water partition coefficient (Wildman–Crippen LogP) is 5.30. The minimum Gasteiger partial charge on any atom is -0.393 e. The first-order valence-electron chi connectivity index (χ1n) is 13.6. The van der Waals surface area contributed by atoms with Crippen LogP contribution in [-0.4, -0.2) is 48.5 Å². The summed E-state index contributed by atoms with van der Waals surface area (Å²) in [5.74, 6) is 1.99. The van der Waals surface area contributed by atoms with Crippen molar-refractivity contribution in [2.75, 3.05) is 21.1 Å². The monoisotopic (exact) mass is 478 g/mol. The van der Waals surface area contributed by atoms with Crippen molar-refractivity contribution in [1.82, 2.24) is 5.43 Å². The van der Waals surface area contributed by atoms with Crippen molar-refractivity contribution in [3.8, 4) is 0 Å². The molecule has 1 amide bonds. The molecule has 5 heteroatoms. The Morgan fingerprint density at radius 1 is 1.03 bits per heavy atom. The Balaban J connectivity index is 1.26. The number of aliphatic hydroxyl groups excluding tert-OH is 1. The molecule has 0 heterocycles. The average molecular weight is 479 g/mol. The van der Waals surface area contributed by atoms with Crippen LogP contribution in [0.15, 0.2) is 41.0 Å². The van der Waals surface area contributed by atoms with Crippen LogP contribution in [0.1, 0.15) is 81.1 Å². The first kappa shape index (κ1) is 24.7. The molecule has 0 aliphatic heterocycles. The maximum Gasteiger partial charge on any atom is 0.271 e. The van der Waals surface area contributed by atoms with Crippen LogP contribution in [-0.2, 0) is 6.54 Å². The van der Waals surface area contributed by atoms with Gasteiger partial charge in [0.2, 0.25) is 0 Å². The molecule has 4 aliphatic carbocycles. The molecular formula is C30H44N3O2+. The Morgan fingerprint density at radius 3 is 2.49 bits per heavy atom. The summed E-state index contributed by atoms with van der Waals surface area (Å²) >= 11 is 0. The molecule has 0 unspecified atom stereocenters. The summed E-state index contributed by atoms with van der Waals surface area (Å²) in [4.78, 5) is 12.7. The lowest BCUT2D eigenvalue weighted by Crippen LogP contribution is -2.51. The van der Waals surface area contributed by atoms with Crippen LogP contribution in [0.3, 0.4) is 0 Å². The van der Waals surface area contributed by atoms with Crippen molar-refractivity contribution < 1.29 is 14.4 Å². The Bertz CT molecular complexity index is 1040. The fourth-order valence-corrected chi connectivity index (χ4v) is 8.13. The zero-order valence-corrected chi connectivity index (χ0v) is 22.3. The molecule has 2 N–H and O–H groups in total. The van der Waals surface area contributed by atoms with Crippen LogP contribution in [0.25, 0.3) is 0 Å². The number of fused-ring (bicyclic) bond motifs is 5. The number of hydrazone groups is 1. The number of allylic oxidation sites excluding steroid dienone is 2. The largest absolute Gasteiger partial charge is 0.393 e. The number of carbonyl (C=O) groups excluding carboxylic acids is 1. The number of amides is 1. The summed E-state index contributed by atoms with van der Waals surface area (Å²) in [6.07, 6.45) is 11.1. The van der Waals surface area contributed by atoms with E-state index in [0.717, 1.165) is 54.8 Å². The fraction of sp³-hybridized carbons (Fsp3) is 0.667. The molecule has 0 aromatic heterocycles. The molecule has 0 saturated heterocycles. The molecule has 0 spiro atoms. The van der Waals surface area contributed by atoms with Gasteiger partial charge in [0.05, 0.1) is 33.0 Å². The zero-order chi connectivity index (χ0) is 25.0. The number of hydrogen-bond donors (Lipinski definition) is 2. The van der Waals surface area contributed by atoms with Gasteiger partial charge >= 0.3 is 0 Å². The summed E-state index contributed by atoms with van der Waals surface area (Å²) in [6.45, 7) is 5.76. The lowest BCUT2D eigenvalue weighted by atomic mass is 9.47. The summed E-state index contributed by atoms with van der Waals surface area (Å²) in [6, 6.07) is 7.87. The molecule has 6 atom stereocenters. The normalized spacial score (nSPS) is 37.8. The molecule has 190 valence electrons. The Kier molecular flexibility index (Phi) is 6.24. The van der Waals surface area contributed by atoms with Gasteiger partial charge in [0, 0.05) is 11.1 Å². The number of quaternary nitrogens is 1. The molecule has 0 radical (unpaired) electrons. The zero-order valence-electron chi connectivity index (χ0n) is 22.3. The predicted molar refractivity (Wildman–Crippen MR) is 141 cm³/mol. The van der Waals surface area contributed by atoms with Crippen molar-refractivity contribution >= 4 is 11.6 Å². The molecule has 5 rings (SSSR count). The lowest BCUT2D eigenvalue weighted by Gasteiger charge is -2.57. The van der Waals surface area contributed by atoms with E-state index in [1.54, 1.807) is 0 Å². The first-order valence-corrected chi connectivity index (χ1v) is 13.6. The highest BCUT2D eigenvalue weighted by molar-refractivity contribution is 5.99. The Labute approximate surface area is 211 Å². The SMILES string of the molecule is C[C@]12CC[C@H]3[C@@H](CCC4=C/C(=N/NC(=O)c5ccc(C[N+](C)(C)C)cc5)CC[C@@]43C)[C@@H]1CC[C@@H]2O. The highest BCUT2D eigenvalue weighted by atomic mass is 16.3. The smallest absolute Gasteiger partial charge is 0.271 e. The van der Waals surface area contributed by atoms with Crippen molar-refractivity contribution in [2.45, 2.75) is 77.9 Å². The van der Waals surface area contributed by atoms with E-state index in [4.69, 9.17) is 0 Å². The highest BCUT2D eigenvalue weighted by Crippen LogP contribution is 2.65. The van der Waals surface area contributed by atoms with Gasteiger partial charge in [-0.2, -0.15) is 5.10 Å². The molecular weight excluding hydrogens is 434 g/mol. The van der Waals surface area contributed by atoms with Crippen LogP contribution in [0.5, 0.6) is 0 Å². The number of aliphatic hydroxyl groups is 1. The molecule has 3 fully saturated rings. The second-order valence-corrected chi connectivity index (χ2v) is 13.3. The van der Waals surface area contributed by atoms with Gasteiger partial charge in [-0.05, 0) is 98.2 Å². The Morgan fingerprint density at radius 2 is 1.77 bits per heavy atom. The van der Waals surface area contributed by atoms with E-state index in [9.17, 15) is 9.90 Å². The van der Waals surface area contributed by atoms with E-state index in [1.165, 1.54) is 30.4 Å². The summed E-state index contributed by atoms with van der Waals surface area (Å²) in [5.41, 5.74) is 7.59. The number of rotatable bonds is 4. The molecule has 0 bridgehead atoms. The van der Waals surface area contributed by atoms with Gasteiger partial charge in [-0.3, -0.25) is 4.79 Å². The average Bonchev–Trinajstić information content (AvgIpc) is 3.11. The van der Waals surface area contributed by atoms with Gasteiger partial charge in [-0.25, -0.2) is 5.43 Å². The van der Waals surface area contributed by atoms with Crippen LogP contribution in [0, 0.1) is 28.6 Å². The minimum atomic E-state index is -0.143. The third-order valence-electron chi connectivity index (χ3n) is 10.1. The Hall–Kier alpha value is -1.98. The first-order chi connectivity index (χ1) is 16.5. The second-order valence-electron chi connectivity index (χ2n) is 13.3. The van der Waals surface area contributed by atoms with E-state index in [0.29, 0.717) is 17.4 Å². The summed E-state index contributed by atoms with van der Waals surface area (Å²) in [5, 5.41) is 15.2. The topological polar surface area (TPSA) is 61.7 Å². The van der Waals surface area contributed by atoms with Gasteiger partial charge < -0.3 is 9.59 Å². The maximum atomic E-state index is 12.7. The van der Waals surface area contributed by atoms with E-state index in [1.807, 2.05) is 24.3 Å². The van der Waals surface area contributed by atoms with Crippen LogP contribution in [0.4, 0.5) is 0 Å². The van der Waals surface area contributed by atoms with Gasteiger partial charge in [0.1, 0.15) is 6.54 Å². The lowest BCUT2D eigenvalue weighted by molar-refractivity contribution is -0.884. The number of nitrogens with one attached hydrogen (secondary N) is 1. The van der Waals surface area contributed by atoms with Crippen molar-refractivity contribution in [3.63, 3.8) is 0 Å². The van der Waals surface area contributed by atoms with Crippen LogP contribution in [0.2, 0.25) is 0 Å². The second kappa shape index (κ2) is 8.85. The van der Waals surface area contributed by atoms with Gasteiger partial charge in [-0.1, -0.05) is 31.6 Å². The standard InChI is InChI=1S/C30H43N3O2/c1-29-16-14-23(31-32-28(35)21-8-6-20(7-9-21)19-33(3,4)5)18-22(29)10-11-24-25-12-13-27(34)30(25,2)17-15-26(24)29/h6-9,18,24-27,34H,10-17,19H2,1-5H3/p+1/b31-23+/t24-,25-,26-,27-,29-,30-/m0/s1. The summed E-state index contributed by atoms with van der Waals surface area (Å²) in [7, 11) is 6.49. The molecule has 1 aromatic rings. The number of benzene rings is 1. The molecule has 4 aliphatic rings. The molecule has 5 nitrogen and oxygen atoms in total. The number of nitrogens with zero attached hydrogens (tertiary/aromatic N) is 2. The van der Waals surface area contributed by atoms with Crippen LogP contribution < -0.4 is 5.43 Å². The number of carbonyl (C=O) groups is 1. The highest BCUT2D eigenvalue weighted by Gasteiger charge is 2.58. The quantitative estimate of drug-likeness (QED) is 0.456. The van der Waals surface area contributed by atoms with E-state index in [-0.39, 0.29) is 22.8 Å². The van der Waals surface area contributed by atoms with E-state index >= 15 is 0 Å². The maximum absolute atomic E-state index is 12.7. The molecule has 35 heavy (non-hydrogen) atoms. The molecule has 1 aromatic carbocycles. The van der Waals surface area contributed by atoms with Gasteiger partial charge in [0.25, 0.3) is 5.91 Å². The van der Waals surface area contributed by atoms with E-state index in [2.05, 4.69) is 51.6 Å². The van der Waals surface area contributed by atoms with Crippen molar-refractivity contribution in [1.29, 1.82) is 0 Å². The van der Waals surface area contributed by atoms with Gasteiger partial charge in [-0.15, -0.1) is 0 Å². The van der Waals surface area contributed by atoms with Crippen molar-refractivity contribution in [3.05, 3.63) is 47.0 Å². The third-order valence-corrected chi connectivity index (χ3v) is 10.1. The minimum absolute atomic E-state index is 0.110.